The standard InChI is InChI=1S/C20H39ClO2/c1-3-22-20(23-4-2)18-16-14-12-10-8-6-5-7-9-11-13-15-17-19-21/h13,15,20H,3-12,14,16-19H2,1-2H3/b15-13+. The molecule has 0 atom stereocenters. The topological polar surface area (TPSA) is 18.5 Å². The van der Waals surface area contributed by atoms with Crippen molar-refractivity contribution < 1.29 is 9.47 Å². The Bertz CT molecular complexity index is 238. The lowest BCUT2D eigenvalue weighted by Gasteiger charge is -2.16. The van der Waals surface area contributed by atoms with Crippen LogP contribution in [0.1, 0.15) is 90.9 Å². The third-order valence-corrected chi connectivity index (χ3v) is 4.18. The molecule has 0 radical (unpaired) electrons. The van der Waals surface area contributed by atoms with Crippen molar-refractivity contribution in [3.05, 3.63) is 12.2 Å². The molecule has 0 aromatic heterocycles. The fourth-order valence-electron chi connectivity index (χ4n) is 2.70. The summed E-state index contributed by atoms with van der Waals surface area (Å²) in [5, 5.41) is 0. The van der Waals surface area contributed by atoms with Gasteiger partial charge in [0.05, 0.1) is 0 Å². The number of hydrogen-bond donors (Lipinski definition) is 0. The number of ether oxygens (including phenoxy) is 2. The number of unbranched alkanes of at least 4 members (excludes halogenated alkanes) is 9. The van der Waals surface area contributed by atoms with Crippen molar-refractivity contribution in [1.29, 1.82) is 0 Å². The smallest absolute Gasteiger partial charge is 0.157 e. The van der Waals surface area contributed by atoms with Gasteiger partial charge in [-0.05, 0) is 46.0 Å². The van der Waals surface area contributed by atoms with Crippen molar-refractivity contribution in [3.63, 3.8) is 0 Å². The van der Waals surface area contributed by atoms with Crippen LogP contribution in [0.3, 0.4) is 0 Å². The van der Waals surface area contributed by atoms with Crippen molar-refractivity contribution in [2.75, 3.05) is 19.1 Å². The van der Waals surface area contributed by atoms with E-state index in [4.69, 9.17) is 21.1 Å². The van der Waals surface area contributed by atoms with Gasteiger partial charge in [0.25, 0.3) is 0 Å². The first-order chi connectivity index (χ1) is 11.3. The van der Waals surface area contributed by atoms with Crippen LogP contribution >= 0.6 is 11.6 Å². The summed E-state index contributed by atoms with van der Waals surface area (Å²) in [6.07, 6.45) is 19.9. The van der Waals surface area contributed by atoms with Gasteiger partial charge in [0.2, 0.25) is 0 Å². The molecule has 3 heteroatoms. The molecule has 2 nitrogen and oxygen atoms in total. The molecule has 0 saturated carbocycles. The van der Waals surface area contributed by atoms with E-state index in [9.17, 15) is 0 Å². The first-order valence-corrected chi connectivity index (χ1v) is 10.3. The van der Waals surface area contributed by atoms with Gasteiger partial charge < -0.3 is 9.47 Å². The Morgan fingerprint density at radius 2 is 1.17 bits per heavy atom. The molecule has 0 unspecified atom stereocenters. The van der Waals surface area contributed by atoms with Crippen LogP contribution in [0.25, 0.3) is 0 Å². The highest BCUT2D eigenvalue weighted by Crippen LogP contribution is 2.13. The molecule has 0 bridgehead atoms. The third-order valence-electron chi connectivity index (χ3n) is 3.96. The van der Waals surface area contributed by atoms with Crippen LogP contribution < -0.4 is 0 Å². The van der Waals surface area contributed by atoms with Gasteiger partial charge in [-0.3, -0.25) is 0 Å². The summed E-state index contributed by atoms with van der Waals surface area (Å²) in [5.74, 6) is 0.744. The maximum absolute atomic E-state index is 5.62. The third kappa shape index (κ3) is 18.1. The molecule has 0 aromatic rings. The van der Waals surface area contributed by atoms with Crippen LogP contribution in [0.5, 0.6) is 0 Å². The Morgan fingerprint density at radius 3 is 1.70 bits per heavy atom. The SMILES string of the molecule is CCOC(CCCCCCCCCCC/C=C/CCCl)OCC. The van der Waals surface area contributed by atoms with Gasteiger partial charge in [0.15, 0.2) is 6.29 Å². The first-order valence-electron chi connectivity index (χ1n) is 9.79. The number of halogens is 1. The van der Waals surface area contributed by atoms with E-state index in [1.54, 1.807) is 0 Å². The molecule has 23 heavy (non-hydrogen) atoms. The number of rotatable bonds is 18. The normalized spacial score (nSPS) is 11.8. The second-order valence-electron chi connectivity index (χ2n) is 6.05. The van der Waals surface area contributed by atoms with Crippen molar-refractivity contribution >= 4 is 11.6 Å². The molecule has 0 fully saturated rings. The Hall–Kier alpha value is -0.0500. The van der Waals surface area contributed by atoms with Crippen molar-refractivity contribution in [3.8, 4) is 0 Å². The van der Waals surface area contributed by atoms with E-state index < -0.39 is 0 Å². The summed E-state index contributed by atoms with van der Waals surface area (Å²) in [6, 6.07) is 0. The largest absolute Gasteiger partial charge is 0.353 e. The molecule has 0 saturated heterocycles. The van der Waals surface area contributed by atoms with E-state index in [-0.39, 0.29) is 6.29 Å². The summed E-state index contributed by atoms with van der Waals surface area (Å²) in [4.78, 5) is 0. The summed E-state index contributed by atoms with van der Waals surface area (Å²) >= 11 is 5.62. The van der Waals surface area contributed by atoms with Gasteiger partial charge in [-0.15, -0.1) is 11.6 Å². The van der Waals surface area contributed by atoms with Gasteiger partial charge in [0.1, 0.15) is 0 Å². The Morgan fingerprint density at radius 1 is 0.696 bits per heavy atom. The molecular weight excluding hydrogens is 308 g/mol. The zero-order valence-corrected chi connectivity index (χ0v) is 16.3. The molecule has 138 valence electrons. The highest BCUT2D eigenvalue weighted by atomic mass is 35.5. The number of alkyl halides is 1. The van der Waals surface area contributed by atoms with Crippen LogP contribution in [0.2, 0.25) is 0 Å². The van der Waals surface area contributed by atoms with Gasteiger partial charge >= 0.3 is 0 Å². The molecule has 0 spiro atoms. The predicted molar refractivity (Wildman–Crippen MR) is 102 cm³/mol. The summed E-state index contributed by atoms with van der Waals surface area (Å²) < 4.78 is 11.1. The van der Waals surface area contributed by atoms with E-state index in [0.717, 1.165) is 31.9 Å². The van der Waals surface area contributed by atoms with Gasteiger partial charge in [0, 0.05) is 19.1 Å². The minimum Gasteiger partial charge on any atom is -0.353 e. The molecule has 0 amide bonds. The van der Waals surface area contributed by atoms with Crippen LogP contribution in [-0.4, -0.2) is 25.4 Å². The molecule has 0 aliphatic rings. The summed E-state index contributed by atoms with van der Waals surface area (Å²) in [5.41, 5.74) is 0. The Balaban J connectivity index is 3.21. The zero-order valence-electron chi connectivity index (χ0n) is 15.5. The molecular formula is C20H39ClO2. The minimum atomic E-state index is 0.0171. The molecule has 0 N–H and O–H groups in total. The van der Waals surface area contributed by atoms with Crippen LogP contribution in [-0.2, 0) is 9.47 Å². The second kappa shape index (κ2) is 20.0. The fraction of sp³-hybridized carbons (Fsp3) is 0.900. The summed E-state index contributed by atoms with van der Waals surface area (Å²) in [6.45, 7) is 5.55. The maximum Gasteiger partial charge on any atom is 0.157 e. The molecule has 0 aromatic carbocycles. The molecule has 0 aliphatic carbocycles. The lowest BCUT2D eigenvalue weighted by atomic mass is 10.1. The first kappa shape index (κ1) is 22.9. The zero-order chi connectivity index (χ0) is 17.0. The minimum absolute atomic E-state index is 0.0171. The molecule has 0 rings (SSSR count). The van der Waals surface area contributed by atoms with Crippen molar-refractivity contribution in [1.82, 2.24) is 0 Å². The van der Waals surface area contributed by atoms with Gasteiger partial charge in [-0.1, -0.05) is 57.1 Å². The van der Waals surface area contributed by atoms with Crippen molar-refractivity contribution in [2.24, 2.45) is 0 Å². The van der Waals surface area contributed by atoms with E-state index in [1.807, 2.05) is 13.8 Å². The maximum atomic E-state index is 5.62. The number of allylic oxidation sites excluding steroid dienone is 2. The molecule has 0 aliphatic heterocycles. The second-order valence-corrected chi connectivity index (χ2v) is 6.43. The monoisotopic (exact) mass is 346 g/mol. The quantitative estimate of drug-likeness (QED) is 0.117. The highest BCUT2D eigenvalue weighted by Gasteiger charge is 2.06. The average molecular weight is 347 g/mol. The molecule has 0 heterocycles. The van der Waals surface area contributed by atoms with Gasteiger partial charge in [-0.25, -0.2) is 0 Å². The Labute approximate surface area is 150 Å². The van der Waals surface area contributed by atoms with Crippen molar-refractivity contribution in [2.45, 2.75) is 97.2 Å². The van der Waals surface area contributed by atoms with E-state index in [2.05, 4.69) is 12.2 Å². The lowest BCUT2D eigenvalue weighted by Crippen LogP contribution is -2.17. The van der Waals surface area contributed by atoms with Crippen LogP contribution in [0.4, 0.5) is 0 Å². The average Bonchev–Trinajstić information content (AvgIpc) is 2.55. The van der Waals surface area contributed by atoms with Gasteiger partial charge in [-0.2, -0.15) is 0 Å². The van der Waals surface area contributed by atoms with Crippen LogP contribution in [0.15, 0.2) is 12.2 Å². The fourth-order valence-corrected chi connectivity index (χ4v) is 2.82. The summed E-state index contributed by atoms with van der Waals surface area (Å²) in [7, 11) is 0. The van der Waals surface area contributed by atoms with E-state index >= 15 is 0 Å². The lowest BCUT2D eigenvalue weighted by molar-refractivity contribution is -0.140. The van der Waals surface area contributed by atoms with E-state index in [1.165, 1.54) is 64.2 Å². The Kier molecular flexibility index (Phi) is 20.0. The van der Waals surface area contributed by atoms with Crippen LogP contribution in [0, 0.1) is 0 Å². The number of hydrogen-bond acceptors (Lipinski definition) is 2. The highest BCUT2D eigenvalue weighted by molar-refractivity contribution is 6.17. The predicted octanol–water partition coefficient (Wildman–Crippen LogP) is 6.86. The van der Waals surface area contributed by atoms with E-state index in [0.29, 0.717) is 0 Å².